The zero-order chi connectivity index (χ0) is 21.9. The molecule has 0 bridgehead atoms. The summed E-state index contributed by atoms with van der Waals surface area (Å²) in [6, 6.07) is 16.1. The molecule has 0 saturated heterocycles. The van der Waals surface area contributed by atoms with E-state index in [1.165, 1.54) is 6.07 Å². The largest absolute Gasteiger partial charge is 0.489 e. The van der Waals surface area contributed by atoms with Crippen LogP contribution in [0.5, 0.6) is 11.5 Å². The fraction of sp³-hybridized carbons (Fsp3) is 0.167. The summed E-state index contributed by atoms with van der Waals surface area (Å²) >= 11 is 0. The molecular formula is C24H20FN5O2. The maximum atomic E-state index is 14.0. The summed E-state index contributed by atoms with van der Waals surface area (Å²) < 4.78 is 27.7. The third-order valence-electron chi connectivity index (χ3n) is 5.20. The van der Waals surface area contributed by atoms with Crippen LogP contribution >= 0.6 is 0 Å². The first-order chi connectivity index (χ1) is 15.7. The topological polar surface area (TPSA) is 74.4 Å². The van der Waals surface area contributed by atoms with Gasteiger partial charge in [-0.05, 0) is 24.3 Å². The van der Waals surface area contributed by atoms with Gasteiger partial charge in [0.1, 0.15) is 36.9 Å². The Labute approximate surface area is 184 Å². The van der Waals surface area contributed by atoms with E-state index in [9.17, 15) is 4.39 Å². The van der Waals surface area contributed by atoms with Crippen molar-refractivity contribution < 1.29 is 13.9 Å². The van der Waals surface area contributed by atoms with Crippen molar-refractivity contribution in [3.05, 3.63) is 95.5 Å². The van der Waals surface area contributed by atoms with Crippen molar-refractivity contribution in [2.45, 2.75) is 19.6 Å². The Morgan fingerprint density at radius 1 is 1.00 bits per heavy atom. The molecule has 3 heterocycles. The lowest BCUT2D eigenvalue weighted by molar-refractivity contribution is 0.279. The molecule has 0 radical (unpaired) electrons. The summed E-state index contributed by atoms with van der Waals surface area (Å²) in [6.07, 6.45) is 4.02. The molecular weight excluding hydrogens is 409 g/mol. The molecule has 2 aromatic heterocycles. The van der Waals surface area contributed by atoms with Gasteiger partial charge in [0.25, 0.3) is 0 Å². The summed E-state index contributed by atoms with van der Waals surface area (Å²) in [7, 11) is 1.86. The molecule has 0 aliphatic carbocycles. The standard InChI is InChI=1S/C24H20FN5O2/c1-30-15-27-29-23(30)14-32-20-10-18(22-11-16-6-4-8-26-24(16)28-22)9-19(12-20)31-13-17-5-2-3-7-21(17)25/h2-10,12,15H,11,13-14H2,1H3. The van der Waals surface area contributed by atoms with Crippen LogP contribution in [0.1, 0.15) is 22.5 Å². The number of aliphatic imine (C=N–C) groups is 1. The van der Waals surface area contributed by atoms with Gasteiger partial charge in [-0.25, -0.2) is 14.4 Å². The number of rotatable bonds is 7. The van der Waals surface area contributed by atoms with Gasteiger partial charge < -0.3 is 14.0 Å². The number of hydrogen-bond acceptors (Lipinski definition) is 6. The van der Waals surface area contributed by atoms with Gasteiger partial charge in [0.15, 0.2) is 11.6 Å². The summed E-state index contributed by atoms with van der Waals surface area (Å²) in [4.78, 5) is 9.00. The highest BCUT2D eigenvalue weighted by Gasteiger charge is 2.18. The Hall–Kier alpha value is -4.07. The third kappa shape index (κ3) is 4.20. The molecule has 0 unspecified atom stereocenters. The van der Waals surface area contributed by atoms with E-state index in [1.807, 2.05) is 31.3 Å². The Bertz CT molecular complexity index is 1300. The first kappa shape index (κ1) is 19.9. The van der Waals surface area contributed by atoms with Crippen molar-refractivity contribution in [3.63, 3.8) is 0 Å². The van der Waals surface area contributed by atoms with Crippen molar-refractivity contribution >= 4 is 11.5 Å². The van der Waals surface area contributed by atoms with E-state index in [1.54, 1.807) is 41.4 Å². The van der Waals surface area contributed by atoms with Crippen molar-refractivity contribution in [2.24, 2.45) is 12.0 Å². The highest BCUT2D eigenvalue weighted by atomic mass is 19.1. The molecule has 0 fully saturated rings. The van der Waals surface area contributed by atoms with Crippen molar-refractivity contribution in [1.82, 2.24) is 19.7 Å². The number of pyridine rings is 1. The minimum atomic E-state index is -0.302. The van der Waals surface area contributed by atoms with Crippen LogP contribution in [0, 0.1) is 5.82 Å². The van der Waals surface area contributed by atoms with Gasteiger partial charge in [0.2, 0.25) is 0 Å². The second kappa shape index (κ2) is 8.58. The number of halogens is 1. The molecule has 32 heavy (non-hydrogen) atoms. The molecule has 1 aliphatic rings. The number of nitrogens with zero attached hydrogens (tertiary/aromatic N) is 5. The second-order valence-electron chi connectivity index (χ2n) is 7.44. The predicted molar refractivity (Wildman–Crippen MR) is 117 cm³/mol. The Kier molecular flexibility index (Phi) is 5.33. The van der Waals surface area contributed by atoms with Gasteiger partial charge in [-0.1, -0.05) is 24.3 Å². The molecule has 160 valence electrons. The Balaban J connectivity index is 1.42. The number of fused-ring (bicyclic) bond motifs is 1. The van der Waals surface area contributed by atoms with Gasteiger partial charge in [-0.15, -0.1) is 10.2 Å². The zero-order valence-electron chi connectivity index (χ0n) is 17.4. The molecule has 7 nitrogen and oxygen atoms in total. The van der Waals surface area contributed by atoms with Crippen LogP contribution in [0.3, 0.4) is 0 Å². The molecule has 0 atom stereocenters. The minimum Gasteiger partial charge on any atom is -0.489 e. The first-order valence-electron chi connectivity index (χ1n) is 10.1. The van der Waals surface area contributed by atoms with Gasteiger partial charge in [-0.3, -0.25) is 0 Å². The highest BCUT2D eigenvalue weighted by Crippen LogP contribution is 2.31. The number of ether oxygens (including phenoxy) is 2. The van der Waals surface area contributed by atoms with Crippen LogP contribution in [-0.4, -0.2) is 25.5 Å². The lowest BCUT2D eigenvalue weighted by Gasteiger charge is -2.13. The van der Waals surface area contributed by atoms with Gasteiger partial charge >= 0.3 is 0 Å². The lowest BCUT2D eigenvalue weighted by atomic mass is 10.0. The smallest absolute Gasteiger partial charge is 0.170 e. The van der Waals surface area contributed by atoms with Crippen molar-refractivity contribution in [3.8, 4) is 11.5 Å². The van der Waals surface area contributed by atoms with Crippen LogP contribution in [0.4, 0.5) is 10.2 Å². The van der Waals surface area contributed by atoms with Gasteiger partial charge in [-0.2, -0.15) is 0 Å². The minimum absolute atomic E-state index is 0.104. The van der Waals surface area contributed by atoms with Crippen molar-refractivity contribution in [1.29, 1.82) is 0 Å². The average Bonchev–Trinajstić information content (AvgIpc) is 3.43. The van der Waals surface area contributed by atoms with E-state index < -0.39 is 0 Å². The Morgan fingerprint density at radius 3 is 2.56 bits per heavy atom. The van der Waals surface area contributed by atoms with Gasteiger partial charge in [0.05, 0.1) is 5.71 Å². The highest BCUT2D eigenvalue weighted by molar-refractivity contribution is 6.06. The fourth-order valence-corrected chi connectivity index (χ4v) is 3.45. The molecule has 2 aromatic carbocycles. The molecule has 1 aliphatic heterocycles. The van der Waals surface area contributed by atoms with Crippen LogP contribution < -0.4 is 9.47 Å². The normalized spacial score (nSPS) is 12.4. The summed E-state index contributed by atoms with van der Waals surface area (Å²) in [5.41, 5.74) is 3.29. The van der Waals surface area contributed by atoms with E-state index >= 15 is 0 Å². The summed E-state index contributed by atoms with van der Waals surface area (Å²) in [6.45, 7) is 0.355. The quantitative estimate of drug-likeness (QED) is 0.441. The molecule has 8 heteroatoms. The zero-order valence-corrected chi connectivity index (χ0v) is 17.4. The maximum Gasteiger partial charge on any atom is 0.170 e. The maximum absolute atomic E-state index is 14.0. The number of benzene rings is 2. The van der Waals surface area contributed by atoms with E-state index in [-0.39, 0.29) is 19.0 Å². The molecule has 0 N–H and O–H groups in total. The first-order valence-corrected chi connectivity index (χ1v) is 10.1. The number of hydrogen-bond donors (Lipinski definition) is 0. The van der Waals surface area contributed by atoms with E-state index in [4.69, 9.17) is 9.47 Å². The lowest BCUT2D eigenvalue weighted by Crippen LogP contribution is -2.06. The number of aryl methyl sites for hydroxylation is 1. The van der Waals surface area contributed by atoms with Crippen LogP contribution in [0.15, 0.2) is 72.1 Å². The van der Waals surface area contributed by atoms with Gasteiger partial charge in [0, 0.05) is 42.4 Å². The van der Waals surface area contributed by atoms with E-state index in [0.29, 0.717) is 29.3 Å². The third-order valence-corrected chi connectivity index (χ3v) is 5.20. The molecule has 0 spiro atoms. The molecule has 5 rings (SSSR count). The molecule has 0 saturated carbocycles. The fourth-order valence-electron chi connectivity index (χ4n) is 3.45. The van der Waals surface area contributed by atoms with Crippen LogP contribution in [0.2, 0.25) is 0 Å². The monoisotopic (exact) mass is 429 g/mol. The van der Waals surface area contributed by atoms with Crippen molar-refractivity contribution in [2.75, 3.05) is 0 Å². The molecule has 4 aromatic rings. The van der Waals surface area contributed by atoms with Crippen LogP contribution in [-0.2, 0) is 26.7 Å². The second-order valence-corrected chi connectivity index (χ2v) is 7.44. The predicted octanol–water partition coefficient (Wildman–Crippen LogP) is 4.18. The number of aromatic nitrogens is 4. The summed E-state index contributed by atoms with van der Waals surface area (Å²) in [5, 5.41) is 7.92. The molecule has 0 amide bonds. The Morgan fingerprint density at radius 2 is 1.81 bits per heavy atom. The van der Waals surface area contributed by atoms with E-state index in [2.05, 4.69) is 20.2 Å². The SMILES string of the molecule is Cn1cnnc1COc1cc(OCc2ccccc2F)cc(C2=Nc3ncccc3C2)c1. The van der Waals surface area contributed by atoms with Crippen LogP contribution in [0.25, 0.3) is 0 Å². The average molecular weight is 429 g/mol. The van der Waals surface area contributed by atoms with E-state index in [0.717, 1.165) is 22.7 Å². The summed E-state index contributed by atoms with van der Waals surface area (Å²) in [5.74, 6) is 2.27.